The molecule has 5 heteroatoms. The van der Waals surface area contributed by atoms with Crippen molar-refractivity contribution in [1.29, 1.82) is 0 Å². The van der Waals surface area contributed by atoms with Crippen LogP contribution in [0, 0.1) is 0 Å². The summed E-state index contributed by atoms with van der Waals surface area (Å²) >= 11 is 0. The molecule has 0 aliphatic heterocycles. The van der Waals surface area contributed by atoms with Gasteiger partial charge in [0.2, 0.25) is 0 Å². The lowest BCUT2D eigenvalue weighted by molar-refractivity contribution is 0.0953. The average Bonchev–Trinajstić information content (AvgIpc) is 2.92. The number of rotatable bonds is 6. The van der Waals surface area contributed by atoms with E-state index in [0.29, 0.717) is 12.1 Å². The predicted molar refractivity (Wildman–Crippen MR) is 68.1 cm³/mol. The van der Waals surface area contributed by atoms with Crippen molar-refractivity contribution in [3.63, 3.8) is 0 Å². The highest BCUT2D eigenvalue weighted by molar-refractivity contribution is 5.94. The number of aryl methyl sites for hydroxylation is 1. The minimum absolute atomic E-state index is 0.0183. The maximum Gasteiger partial charge on any atom is 0.251 e. The molecule has 1 amide bonds. The molecule has 2 rings (SSSR count). The molecule has 1 aromatic carbocycles. The molecule has 0 bridgehead atoms. The van der Waals surface area contributed by atoms with Crippen LogP contribution < -0.4 is 5.32 Å². The van der Waals surface area contributed by atoms with Gasteiger partial charge in [0, 0.05) is 18.5 Å². The number of unbranched alkanes of at least 4 members (excludes halogenated alkanes) is 1. The van der Waals surface area contributed by atoms with E-state index < -0.39 is 0 Å². The van der Waals surface area contributed by atoms with Crippen LogP contribution in [0.15, 0.2) is 36.7 Å². The summed E-state index contributed by atoms with van der Waals surface area (Å²) in [6, 6.07) is 9.24. The van der Waals surface area contributed by atoms with Gasteiger partial charge in [-0.25, -0.2) is 4.98 Å². The summed E-state index contributed by atoms with van der Waals surface area (Å²) in [6.07, 6.45) is 4.28. The summed E-state index contributed by atoms with van der Waals surface area (Å²) in [5.41, 5.74) is 0.702. The van der Waals surface area contributed by atoms with E-state index in [-0.39, 0.29) is 5.91 Å². The van der Waals surface area contributed by atoms with Gasteiger partial charge in [-0.05, 0) is 25.0 Å². The molecule has 5 nitrogen and oxygen atoms in total. The van der Waals surface area contributed by atoms with Crippen LogP contribution in [0.25, 0.3) is 0 Å². The molecule has 2 aromatic rings. The molecule has 18 heavy (non-hydrogen) atoms. The number of amides is 1. The molecular formula is C13H16N4O. The van der Waals surface area contributed by atoms with Gasteiger partial charge < -0.3 is 5.32 Å². The predicted octanol–water partition coefficient (Wildman–Crippen LogP) is 1.56. The zero-order valence-electron chi connectivity index (χ0n) is 10.1. The standard InChI is InChI=1S/C13H16N4O/c18-13(11-6-2-1-3-7-11)14-9-5-4-8-12-15-10-16-17-12/h1-3,6-7,10H,4-5,8-9H2,(H,14,18)(H,15,16,17). The van der Waals surface area contributed by atoms with Crippen LogP contribution in [0.4, 0.5) is 0 Å². The van der Waals surface area contributed by atoms with Crippen LogP contribution in [0.1, 0.15) is 29.0 Å². The van der Waals surface area contributed by atoms with E-state index in [0.717, 1.165) is 25.1 Å². The van der Waals surface area contributed by atoms with E-state index >= 15 is 0 Å². The lowest BCUT2D eigenvalue weighted by Gasteiger charge is -2.04. The van der Waals surface area contributed by atoms with Crippen LogP contribution in [0.5, 0.6) is 0 Å². The second-order valence-electron chi connectivity index (χ2n) is 4.01. The van der Waals surface area contributed by atoms with Crippen molar-refractivity contribution in [3.05, 3.63) is 48.0 Å². The Kier molecular flexibility index (Phi) is 4.46. The second-order valence-corrected chi connectivity index (χ2v) is 4.01. The van der Waals surface area contributed by atoms with Crippen molar-refractivity contribution < 1.29 is 4.79 Å². The Labute approximate surface area is 106 Å². The van der Waals surface area contributed by atoms with Crippen molar-refractivity contribution >= 4 is 5.91 Å². The molecule has 2 N–H and O–H groups in total. The minimum Gasteiger partial charge on any atom is -0.352 e. The highest BCUT2D eigenvalue weighted by atomic mass is 16.1. The third kappa shape index (κ3) is 3.69. The summed E-state index contributed by atoms with van der Waals surface area (Å²) in [6.45, 7) is 0.682. The Hall–Kier alpha value is -2.17. The second kappa shape index (κ2) is 6.54. The number of benzene rings is 1. The summed E-state index contributed by atoms with van der Waals surface area (Å²) in [4.78, 5) is 15.7. The number of hydrogen-bond acceptors (Lipinski definition) is 3. The molecule has 1 aromatic heterocycles. The molecule has 0 aliphatic rings. The Bertz CT molecular complexity index is 467. The number of nitrogens with zero attached hydrogens (tertiary/aromatic N) is 2. The molecule has 0 unspecified atom stereocenters. The first kappa shape index (κ1) is 12.3. The van der Waals surface area contributed by atoms with Gasteiger partial charge in [0.05, 0.1) is 0 Å². The van der Waals surface area contributed by atoms with Crippen molar-refractivity contribution in [2.45, 2.75) is 19.3 Å². The number of hydrogen-bond donors (Lipinski definition) is 2. The van der Waals surface area contributed by atoms with E-state index in [4.69, 9.17) is 0 Å². The van der Waals surface area contributed by atoms with E-state index in [9.17, 15) is 4.79 Å². The lowest BCUT2D eigenvalue weighted by atomic mass is 10.2. The van der Waals surface area contributed by atoms with Gasteiger partial charge in [0.1, 0.15) is 12.2 Å². The van der Waals surface area contributed by atoms with Crippen LogP contribution in [-0.4, -0.2) is 27.6 Å². The molecular weight excluding hydrogens is 228 g/mol. The molecule has 0 radical (unpaired) electrons. The number of nitrogens with one attached hydrogen (secondary N) is 2. The van der Waals surface area contributed by atoms with Crippen LogP contribution in [0.2, 0.25) is 0 Å². The highest BCUT2D eigenvalue weighted by Gasteiger charge is 2.02. The fourth-order valence-corrected chi connectivity index (χ4v) is 1.66. The molecule has 0 saturated carbocycles. The molecule has 94 valence electrons. The summed E-state index contributed by atoms with van der Waals surface area (Å²) in [5, 5.41) is 9.49. The van der Waals surface area contributed by atoms with Crippen LogP contribution in [-0.2, 0) is 6.42 Å². The van der Waals surface area contributed by atoms with Crippen molar-refractivity contribution in [1.82, 2.24) is 20.5 Å². The third-order valence-corrected chi connectivity index (χ3v) is 2.63. The number of H-pyrrole nitrogens is 1. The van der Waals surface area contributed by atoms with Crippen molar-refractivity contribution in [2.24, 2.45) is 0 Å². The monoisotopic (exact) mass is 244 g/mol. The van der Waals surface area contributed by atoms with E-state index in [1.54, 1.807) is 0 Å². The van der Waals surface area contributed by atoms with Crippen molar-refractivity contribution in [2.75, 3.05) is 6.54 Å². The first-order valence-corrected chi connectivity index (χ1v) is 6.04. The molecule has 0 fully saturated rings. The topological polar surface area (TPSA) is 70.7 Å². The van der Waals surface area contributed by atoms with Crippen LogP contribution in [0.3, 0.4) is 0 Å². The van der Waals surface area contributed by atoms with Crippen LogP contribution >= 0.6 is 0 Å². The van der Waals surface area contributed by atoms with Gasteiger partial charge in [-0.3, -0.25) is 9.89 Å². The Morgan fingerprint density at radius 2 is 2.06 bits per heavy atom. The number of aromatic amines is 1. The minimum atomic E-state index is -0.0183. The van der Waals surface area contributed by atoms with Gasteiger partial charge in [-0.15, -0.1) is 0 Å². The fourth-order valence-electron chi connectivity index (χ4n) is 1.66. The van der Waals surface area contributed by atoms with Gasteiger partial charge in [-0.1, -0.05) is 18.2 Å². The first-order valence-electron chi connectivity index (χ1n) is 6.04. The third-order valence-electron chi connectivity index (χ3n) is 2.63. The number of carbonyl (C=O) groups is 1. The quantitative estimate of drug-likeness (QED) is 0.757. The summed E-state index contributed by atoms with van der Waals surface area (Å²) in [5.74, 6) is 0.875. The maximum atomic E-state index is 11.7. The smallest absolute Gasteiger partial charge is 0.251 e. The molecule has 1 heterocycles. The number of aromatic nitrogens is 3. The maximum absolute atomic E-state index is 11.7. The summed E-state index contributed by atoms with van der Waals surface area (Å²) in [7, 11) is 0. The SMILES string of the molecule is O=C(NCCCCc1ncn[nH]1)c1ccccc1. The van der Waals surface area contributed by atoms with E-state index in [2.05, 4.69) is 20.5 Å². The normalized spacial score (nSPS) is 10.2. The van der Waals surface area contributed by atoms with Gasteiger partial charge in [0.25, 0.3) is 5.91 Å². The lowest BCUT2D eigenvalue weighted by Crippen LogP contribution is -2.24. The molecule has 0 aliphatic carbocycles. The highest BCUT2D eigenvalue weighted by Crippen LogP contribution is 1.99. The van der Waals surface area contributed by atoms with Gasteiger partial charge in [-0.2, -0.15) is 5.10 Å². The summed E-state index contributed by atoms with van der Waals surface area (Å²) < 4.78 is 0. The largest absolute Gasteiger partial charge is 0.352 e. The molecule has 0 spiro atoms. The van der Waals surface area contributed by atoms with E-state index in [1.807, 2.05) is 30.3 Å². The fraction of sp³-hybridized carbons (Fsp3) is 0.308. The van der Waals surface area contributed by atoms with E-state index in [1.165, 1.54) is 6.33 Å². The average molecular weight is 244 g/mol. The molecule has 0 atom stereocenters. The van der Waals surface area contributed by atoms with Gasteiger partial charge in [0.15, 0.2) is 0 Å². The number of carbonyl (C=O) groups excluding carboxylic acids is 1. The Balaban J connectivity index is 1.62. The van der Waals surface area contributed by atoms with Crippen molar-refractivity contribution in [3.8, 4) is 0 Å². The molecule has 0 saturated heterocycles. The Morgan fingerprint density at radius 3 is 2.78 bits per heavy atom. The zero-order valence-corrected chi connectivity index (χ0v) is 10.1. The zero-order chi connectivity index (χ0) is 12.6. The first-order chi connectivity index (χ1) is 8.86. The van der Waals surface area contributed by atoms with Gasteiger partial charge >= 0.3 is 0 Å². The Morgan fingerprint density at radius 1 is 1.22 bits per heavy atom.